The number of carbonyl (C=O) groups excluding carboxylic acids is 3. The van der Waals surface area contributed by atoms with E-state index in [4.69, 9.17) is 19.2 Å². The van der Waals surface area contributed by atoms with Gasteiger partial charge in [-0.05, 0) is 69.9 Å². The van der Waals surface area contributed by atoms with Gasteiger partial charge < -0.3 is 34.3 Å². The van der Waals surface area contributed by atoms with Crippen LogP contribution in [0.2, 0.25) is 0 Å². The van der Waals surface area contributed by atoms with Gasteiger partial charge in [0.1, 0.15) is 42.9 Å². The van der Waals surface area contributed by atoms with Gasteiger partial charge in [-0.2, -0.15) is 0 Å². The third kappa shape index (κ3) is 7.71. The Balaban J connectivity index is 1.33. The zero-order valence-corrected chi connectivity index (χ0v) is 32.8. The molecular formula is C38H50N5O7PS. The zero-order chi connectivity index (χ0) is 37.6. The Bertz CT molecular complexity index is 1910. The summed E-state index contributed by atoms with van der Waals surface area (Å²) in [6, 6.07) is 5.40. The van der Waals surface area contributed by atoms with Crippen LogP contribution in [0.25, 0.3) is 22.3 Å². The molecule has 2 aliphatic carbocycles. The maximum absolute atomic E-state index is 14.6. The van der Waals surface area contributed by atoms with Crippen LogP contribution in [-0.2, 0) is 18.9 Å². The summed E-state index contributed by atoms with van der Waals surface area (Å²) in [5.74, 6) is 0.171. The lowest BCUT2D eigenvalue weighted by Crippen LogP contribution is -2.58. The lowest BCUT2D eigenvalue weighted by molar-refractivity contribution is -0.142. The number of nitrogens with one attached hydrogen (secondary N) is 2. The number of benzene rings is 1. The standard InChI is InChI=1S/C38H50N5O7PS/c1-9-23-19-38(23,51(7,8)47)42-34(44)31-17-26(20-43(31)35(45)33(37(3,4)5)41-36(46)50-24-12-10-11-13-24)49-32-18-29(30-21-52-22(2)39-30)40-28-16-25(48-6)14-15-27(28)32/h9,14-16,18,21,23-24,26,31,33H,1,10-13,17,19-20H2,2-8H3,(H,41,46)(H,42,44). The fourth-order valence-electron chi connectivity index (χ4n) is 7.44. The number of aryl methyl sites for hydroxylation is 1. The van der Waals surface area contributed by atoms with Crippen LogP contribution in [0.5, 0.6) is 11.5 Å². The number of fused-ring (bicyclic) bond motifs is 1. The van der Waals surface area contributed by atoms with Crippen LogP contribution in [0.1, 0.15) is 64.3 Å². The minimum atomic E-state index is -2.82. The number of alkyl carbamates (subject to hydrolysis) is 1. The molecule has 2 N–H and O–H groups in total. The highest BCUT2D eigenvalue weighted by atomic mass is 32.1. The van der Waals surface area contributed by atoms with Gasteiger partial charge in [-0.1, -0.05) is 26.8 Å². The number of carbonyl (C=O) groups is 3. The molecule has 3 fully saturated rings. The normalized spacial score (nSPS) is 24.0. The van der Waals surface area contributed by atoms with E-state index < -0.39 is 53.9 Å². The smallest absolute Gasteiger partial charge is 0.408 e. The molecule has 5 unspecified atom stereocenters. The van der Waals surface area contributed by atoms with E-state index in [2.05, 4.69) is 22.2 Å². The van der Waals surface area contributed by atoms with Gasteiger partial charge in [0, 0.05) is 35.2 Å². The second kappa shape index (κ2) is 14.5. The predicted molar refractivity (Wildman–Crippen MR) is 202 cm³/mol. The van der Waals surface area contributed by atoms with E-state index >= 15 is 0 Å². The Morgan fingerprint density at radius 1 is 1.12 bits per heavy atom. The van der Waals surface area contributed by atoms with Crippen molar-refractivity contribution in [2.24, 2.45) is 11.3 Å². The van der Waals surface area contributed by atoms with Crippen molar-refractivity contribution in [2.45, 2.75) is 95.8 Å². The van der Waals surface area contributed by atoms with Gasteiger partial charge in [0.2, 0.25) is 11.8 Å². The molecule has 3 heterocycles. The van der Waals surface area contributed by atoms with Gasteiger partial charge in [-0.3, -0.25) is 9.59 Å². The number of aromatic nitrogens is 2. The predicted octanol–water partition coefficient (Wildman–Crippen LogP) is 6.75. The second-order valence-electron chi connectivity index (χ2n) is 15.7. The Morgan fingerprint density at radius 2 is 1.85 bits per heavy atom. The summed E-state index contributed by atoms with van der Waals surface area (Å²) in [4.78, 5) is 53.0. The van der Waals surface area contributed by atoms with Gasteiger partial charge in [-0.25, -0.2) is 14.8 Å². The van der Waals surface area contributed by atoms with Crippen molar-refractivity contribution in [3.05, 3.63) is 47.3 Å². The van der Waals surface area contributed by atoms with Crippen molar-refractivity contribution in [1.29, 1.82) is 0 Å². The molecule has 0 radical (unpaired) electrons. The van der Waals surface area contributed by atoms with Crippen LogP contribution in [0.3, 0.4) is 0 Å². The molecule has 0 spiro atoms. The molecule has 14 heteroatoms. The molecule has 5 atom stereocenters. The number of rotatable bonds is 11. The van der Waals surface area contributed by atoms with Crippen molar-refractivity contribution < 1.29 is 33.2 Å². The Morgan fingerprint density at radius 3 is 2.44 bits per heavy atom. The van der Waals surface area contributed by atoms with Crippen LogP contribution >= 0.6 is 18.5 Å². The highest BCUT2D eigenvalue weighted by Crippen LogP contribution is 2.67. The number of thiazole rings is 1. The average molecular weight is 752 g/mol. The van der Waals surface area contributed by atoms with Gasteiger partial charge >= 0.3 is 6.09 Å². The number of amides is 3. The fourth-order valence-corrected chi connectivity index (χ4v) is 9.97. The fraction of sp³-hybridized carbons (Fsp3) is 0.553. The zero-order valence-electron chi connectivity index (χ0n) is 31.1. The largest absolute Gasteiger partial charge is 0.497 e. The summed E-state index contributed by atoms with van der Waals surface area (Å²) >= 11 is 1.52. The van der Waals surface area contributed by atoms with Crippen molar-refractivity contribution in [3.8, 4) is 22.9 Å². The molecule has 0 bridgehead atoms. The summed E-state index contributed by atoms with van der Waals surface area (Å²) in [6.45, 7) is 14.8. The van der Waals surface area contributed by atoms with Crippen molar-refractivity contribution >= 4 is 47.3 Å². The third-order valence-corrected chi connectivity index (χ3v) is 13.8. The first-order chi connectivity index (χ1) is 24.5. The van der Waals surface area contributed by atoms with E-state index in [9.17, 15) is 18.9 Å². The maximum atomic E-state index is 14.6. The SMILES string of the molecule is C=CC1CC1(NC(=O)C1CC(Oc2cc(-c3csc(C)n3)nc3cc(OC)ccc23)CN1C(=O)C(NC(=O)OC1CCCC1)C(C)(C)C)P(C)(C)=O. The molecule has 1 aliphatic heterocycles. The number of ether oxygens (including phenoxy) is 3. The number of likely N-dealkylation sites (tertiary alicyclic amines) is 1. The molecular weight excluding hydrogens is 701 g/mol. The van der Waals surface area contributed by atoms with Crippen LogP contribution in [0, 0.1) is 18.3 Å². The van der Waals surface area contributed by atoms with Crippen LogP contribution in [-0.4, -0.2) is 89.3 Å². The van der Waals surface area contributed by atoms with E-state index in [1.54, 1.807) is 26.5 Å². The molecule has 12 nitrogen and oxygen atoms in total. The molecule has 280 valence electrons. The number of hydrogen-bond donors (Lipinski definition) is 2. The van der Waals surface area contributed by atoms with Gasteiger partial charge in [0.05, 0.1) is 40.8 Å². The maximum Gasteiger partial charge on any atom is 0.408 e. The molecule has 52 heavy (non-hydrogen) atoms. The first-order valence-corrected chi connectivity index (χ1v) is 21.4. The molecule has 3 amide bonds. The molecule has 2 saturated carbocycles. The Hall–Kier alpha value is -3.96. The lowest BCUT2D eigenvalue weighted by Gasteiger charge is -2.35. The van der Waals surface area contributed by atoms with Gasteiger partial charge in [0.25, 0.3) is 0 Å². The number of methoxy groups -OCH3 is 1. The lowest BCUT2D eigenvalue weighted by atomic mass is 9.85. The molecule has 3 aromatic rings. The van der Waals surface area contributed by atoms with Crippen molar-refractivity contribution in [2.75, 3.05) is 27.0 Å². The van der Waals surface area contributed by atoms with E-state index in [1.165, 1.54) is 16.2 Å². The second-order valence-corrected chi connectivity index (χ2v) is 20.3. The first-order valence-electron chi connectivity index (χ1n) is 17.9. The van der Waals surface area contributed by atoms with Crippen LogP contribution in [0.15, 0.2) is 42.3 Å². The molecule has 2 aromatic heterocycles. The summed E-state index contributed by atoms with van der Waals surface area (Å²) in [6.07, 6.45) is 4.53. The van der Waals surface area contributed by atoms with Gasteiger partial charge in [0.15, 0.2) is 0 Å². The molecule has 1 saturated heterocycles. The number of nitrogens with zero attached hydrogens (tertiary/aromatic N) is 3. The van der Waals surface area contributed by atoms with Crippen molar-refractivity contribution in [3.63, 3.8) is 0 Å². The van der Waals surface area contributed by atoms with E-state index in [0.717, 1.165) is 36.1 Å². The highest BCUT2D eigenvalue weighted by Gasteiger charge is 2.62. The van der Waals surface area contributed by atoms with Crippen LogP contribution < -0.4 is 20.1 Å². The number of pyridine rings is 1. The quantitative estimate of drug-likeness (QED) is 0.160. The monoisotopic (exact) mass is 751 g/mol. The molecule has 6 rings (SSSR count). The molecule has 3 aliphatic rings. The van der Waals surface area contributed by atoms with E-state index in [1.807, 2.05) is 57.3 Å². The third-order valence-electron chi connectivity index (χ3n) is 10.5. The topological polar surface area (TPSA) is 149 Å². The van der Waals surface area contributed by atoms with Crippen LogP contribution in [0.4, 0.5) is 4.79 Å². The van der Waals surface area contributed by atoms with E-state index in [-0.39, 0.29) is 25.0 Å². The summed E-state index contributed by atoms with van der Waals surface area (Å²) in [7, 11) is -1.23. The Kier molecular flexibility index (Phi) is 10.5. The Labute approximate surface area is 309 Å². The van der Waals surface area contributed by atoms with Crippen molar-refractivity contribution in [1.82, 2.24) is 25.5 Å². The summed E-state index contributed by atoms with van der Waals surface area (Å²) in [5.41, 5.74) is 1.24. The minimum absolute atomic E-state index is 0.0712. The highest BCUT2D eigenvalue weighted by molar-refractivity contribution is 7.64. The first kappa shape index (κ1) is 37.8. The van der Waals surface area contributed by atoms with E-state index in [0.29, 0.717) is 34.8 Å². The summed E-state index contributed by atoms with van der Waals surface area (Å²) < 4.78 is 31.4. The molecule has 1 aromatic carbocycles. The number of hydrogen-bond acceptors (Lipinski definition) is 10. The van der Waals surface area contributed by atoms with Gasteiger partial charge in [-0.15, -0.1) is 17.9 Å². The summed E-state index contributed by atoms with van der Waals surface area (Å²) in [5, 5.41) is 8.58. The average Bonchev–Trinajstić information content (AvgIpc) is 3.46. The minimum Gasteiger partial charge on any atom is -0.497 e.